The Morgan fingerprint density at radius 2 is 1.86 bits per heavy atom. The van der Waals surface area contributed by atoms with Crippen LogP contribution >= 0.6 is 11.6 Å². The molecule has 0 saturated carbocycles. The molecule has 1 fully saturated rings. The second-order valence-electron chi connectivity index (χ2n) is 6.57. The summed E-state index contributed by atoms with van der Waals surface area (Å²) in [6.45, 7) is 2.41. The highest BCUT2D eigenvalue weighted by Gasteiger charge is 2.24. The quantitative estimate of drug-likeness (QED) is 0.497. The Labute approximate surface area is 166 Å². The number of nitro groups is 1. The van der Waals surface area contributed by atoms with Gasteiger partial charge in [-0.15, -0.1) is 0 Å². The lowest BCUT2D eigenvalue weighted by Gasteiger charge is -2.36. The number of nitro benzene ring substituents is 1. The Bertz CT molecular complexity index is 1060. The first-order chi connectivity index (χ1) is 13.5. The number of non-ortho nitro benzene ring substituents is 1. The average molecular weight is 397 g/mol. The van der Waals surface area contributed by atoms with Crippen molar-refractivity contribution in [3.8, 4) is 0 Å². The zero-order valence-electron chi connectivity index (χ0n) is 14.9. The molecule has 7 nitrogen and oxygen atoms in total. The Morgan fingerprint density at radius 3 is 2.57 bits per heavy atom. The lowest BCUT2D eigenvalue weighted by Crippen LogP contribution is -2.48. The van der Waals surface area contributed by atoms with Crippen molar-refractivity contribution >= 4 is 39.7 Å². The highest BCUT2D eigenvalue weighted by atomic mass is 35.5. The number of aromatic nitrogens is 1. The number of carbonyl (C=O) groups is 1. The molecule has 0 atom stereocenters. The van der Waals surface area contributed by atoms with E-state index in [2.05, 4.69) is 9.88 Å². The van der Waals surface area contributed by atoms with Crippen LogP contribution in [-0.2, 0) is 0 Å². The summed E-state index contributed by atoms with van der Waals surface area (Å²) in [5.74, 6) is -0.0418. The molecule has 1 aliphatic heterocycles. The molecule has 1 amide bonds. The smallest absolute Gasteiger partial charge is 0.278 e. The molecule has 0 aliphatic carbocycles. The van der Waals surface area contributed by atoms with Crippen molar-refractivity contribution in [1.29, 1.82) is 0 Å². The van der Waals surface area contributed by atoms with Gasteiger partial charge in [0, 0.05) is 66.3 Å². The van der Waals surface area contributed by atoms with Crippen LogP contribution in [0.3, 0.4) is 0 Å². The SMILES string of the molecule is O=C(c1cccc(Cl)c1)N1CCN(c2ccc([N+](=O)[O-])c3cnccc23)CC1. The monoisotopic (exact) mass is 396 g/mol. The summed E-state index contributed by atoms with van der Waals surface area (Å²) in [4.78, 5) is 31.6. The first kappa shape index (κ1) is 18.2. The topological polar surface area (TPSA) is 79.6 Å². The van der Waals surface area contributed by atoms with E-state index < -0.39 is 4.92 Å². The third-order valence-electron chi connectivity index (χ3n) is 4.95. The number of piperazine rings is 1. The summed E-state index contributed by atoms with van der Waals surface area (Å²) >= 11 is 5.99. The zero-order chi connectivity index (χ0) is 19.7. The van der Waals surface area contributed by atoms with Crippen LogP contribution in [0.1, 0.15) is 10.4 Å². The fourth-order valence-electron chi connectivity index (χ4n) is 3.55. The van der Waals surface area contributed by atoms with Gasteiger partial charge >= 0.3 is 0 Å². The molecule has 142 valence electrons. The summed E-state index contributed by atoms with van der Waals surface area (Å²) < 4.78 is 0. The van der Waals surface area contributed by atoms with Crippen molar-refractivity contribution in [1.82, 2.24) is 9.88 Å². The summed E-state index contributed by atoms with van der Waals surface area (Å²) in [6.07, 6.45) is 3.16. The second-order valence-corrected chi connectivity index (χ2v) is 7.01. The number of rotatable bonds is 3. The van der Waals surface area contributed by atoms with Crippen LogP contribution in [0.2, 0.25) is 5.02 Å². The minimum absolute atomic E-state index is 0.0418. The molecule has 8 heteroatoms. The van der Waals surface area contributed by atoms with Gasteiger partial charge in [-0.3, -0.25) is 19.9 Å². The molecule has 2 heterocycles. The van der Waals surface area contributed by atoms with Crippen molar-refractivity contribution in [2.75, 3.05) is 31.1 Å². The van der Waals surface area contributed by atoms with Crippen LogP contribution in [0.25, 0.3) is 10.8 Å². The van der Waals surface area contributed by atoms with Crippen LogP contribution in [0.15, 0.2) is 54.9 Å². The van der Waals surface area contributed by atoms with E-state index in [0.29, 0.717) is 42.2 Å². The van der Waals surface area contributed by atoms with Crippen LogP contribution in [0, 0.1) is 10.1 Å². The van der Waals surface area contributed by atoms with Crippen LogP contribution in [0.4, 0.5) is 11.4 Å². The number of amides is 1. The Balaban J connectivity index is 1.55. The van der Waals surface area contributed by atoms with E-state index in [1.165, 1.54) is 12.3 Å². The van der Waals surface area contributed by atoms with Gasteiger partial charge in [0.2, 0.25) is 0 Å². The lowest BCUT2D eigenvalue weighted by atomic mass is 10.1. The maximum atomic E-state index is 12.7. The minimum Gasteiger partial charge on any atom is -0.367 e. The van der Waals surface area contributed by atoms with Crippen molar-refractivity contribution in [3.05, 3.63) is 75.6 Å². The molecule has 3 aromatic rings. The van der Waals surface area contributed by atoms with Gasteiger partial charge in [0.05, 0.1) is 10.3 Å². The fourth-order valence-corrected chi connectivity index (χ4v) is 3.74. The van der Waals surface area contributed by atoms with Gasteiger partial charge in [-0.2, -0.15) is 0 Å². The standard InChI is InChI=1S/C20H17ClN4O3/c21-15-3-1-2-14(12-15)20(26)24-10-8-23(9-11-24)18-4-5-19(25(27)28)17-13-22-7-6-16(17)18/h1-7,12-13H,8-11H2. The number of benzene rings is 2. The molecule has 2 aromatic carbocycles. The first-order valence-electron chi connectivity index (χ1n) is 8.85. The van der Waals surface area contributed by atoms with Gasteiger partial charge in [-0.05, 0) is 30.3 Å². The number of fused-ring (bicyclic) bond motifs is 1. The summed E-state index contributed by atoms with van der Waals surface area (Å²) in [5.41, 5.74) is 1.53. The maximum Gasteiger partial charge on any atom is 0.278 e. The first-order valence-corrected chi connectivity index (χ1v) is 9.23. The predicted octanol–water partition coefficient (Wildman–Crippen LogP) is 3.76. The van der Waals surface area contributed by atoms with Gasteiger partial charge in [0.25, 0.3) is 11.6 Å². The normalized spacial score (nSPS) is 14.3. The molecule has 0 spiro atoms. The van der Waals surface area contributed by atoms with Gasteiger partial charge in [0.1, 0.15) is 0 Å². The van der Waals surface area contributed by atoms with E-state index in [1.54, 1.807) is 47.5 Å². The maximum absolute atomic E-state index is 12.7. The van der Waals surface area contributed by atoms with Gasteiger partial charge in [-0.25, -0.2) is 0 Å². The number of nitrogens with zero attached hydrogens (tertiary/aromatic N) is 4. The van der Waals surface area contributed by atoms with Crippen molar-refractivity contribution in [3.63, 3.8) is 0 Å². The van der Waals surface area contributed by atoms with Crippen LogP contribution < -0.4 is 4.90 Å². The Morgan fingerprint density at radius 1 is 1.07 bits per heavy atom. The summed E-state index contributed by atoms with van der Waals surface area (Å²) in [7, 11) is 0. The molecule has 1 aromatic heterocycles. The Kier molecular flexibility index (Phi) is 4.83. The Hall–Kier alpha value is -3.19. The largest absolute Gasteiger partial charge is 0.367 e. The molecule has 1 saturated heterocycles. The van der Waals surface area contributed by atoms with E-state index in [1.807, 2.05) is 0 Å². The fraction of sp³-hybridized carbons (Fsp3) is 0.200. The molecular formula is C20H17ClN4O3. The molecule has 0 bridgehead atoms. The minimum atomic E-state index is -0.393. The number of halogens is 1. The highest BCUT2D eigenvalue weighted by Crippen LogP contribution is 2.33. The molecule has 1 aliphatic rings. The highest BCUT2D eigenvalue weighted by molar-refractivity contribution is 6.30. The van der Waals surface area contributed by atoms with Crippen molar-refractivity contribution < 1.29 is 9.72 Å². The van der Waals surface area contributed by atoms with E-state index in [4.69, 9.17) is 11.6 Å². The summed E-state index contributed by atoms with van der Waals surface area (Å²) in [5, 5.41) is 13.1. The van der Waals surface area contributed by atoms with Crippen molar-refractivity contribution in [2.24, 2.45) is 0 Å². The van der Waals surface area contributed by atoms with Gasteiger partial charge < -0.3 is 9.80 Å². The molecular weight excluding hydrogens is 380 g/mol. The lowest BCUT2D eigenvalue weighted by molar-refractivity contribution is -0.383. The van der Waals surface area contributed by atoms with Gasteiger partial charge in [0.15, 0.2) is 0 Å². The predicted molar refractivity (Wildman–Crippen MR) is 108 cm³/mol. The summed E-state index contributed by atoms with van der Waals surface area (Å²) in [6, 6.07) is 12.0. The number of carbonyl (C=O) groups excluding carboxylic acids is 1. The van der Waals surface area contributed by atoms with E-state index >= 15 is 0 Å². The number of pyridine rings is 1. The third kappa shape index (κ3) is 3.36. The average Bonchev–Trinajstić information content (AvgIpc) is 2.72. The molecule has 0 radical (unpaired) electrons. The zero-order valence-corrected chi connectivity index (χ0v) is 15.7. The second kappa shape index (κ2) is 7.44. The van der Waals surface area contributed by atoms with Gasteiger partial charge in [-0.1, -0.05) is 17.7 Å². The number of anilines is 1. The third-order valence-corrected chi connectivity index (χ3v) is 5.18. The molecule has 0 unspecified atom stereocenters. The van der Waals surface area contributed by atoms with E-state index in [9.17, 15) is 14.9 Å². The van der Waals surface area contributed by atoms with Crippen LogP contribution in [0.5, 0.6) is 0 Å². The number of hydrogen-bond acceptors (Lipinski definition) is 5. The van der Waals surface area contributed by atoms with Crippen molar-refractivity contribution in [2.45, 2.75) is 0 Å². The van der Waals surface area contributed by atoms with E-state index in [-0.39, 0.29) is 11.6 Å². The van der Waals surface area contributed by atoms with Crippen LogP contribution in [-0.4, -0.2) is 46.9 Å². The molecule has 4 rings (SSSR count). The molecule has 0 N–H and O–H groups in total. The number of hydrogen-bond donors (Lipinski definition) is 0. The molecule has 28 heavy (non-hydrogen) atoms. The van der Waals surface area contributed by atoms with E-state index in [0.717, 1.165) is 11.1 Å².